The summed E-state index contributed by atoms with van der Waals surface area (Å²) in [5.41, 5.74) is 3.28. The van der Waals surface area contributed by atoms with E-state index in [2.05, 4.69) is 10.1 Å². The van der Waals surface area contributed by atoms with Gasteiger partial charge in [0.15, 0.2) is 0 Å². The Labute approximate surface area is 163 Å². The van der Waals surface area contributed by atoms with Crippen LogP contribution in [0.5, 0.6) is 0 Å². The van der Waals surface area contributed by atoms with Gasteiger partial charge in [0.05, 0.1) is 23.4 Å². The number of benzene rings is 2. The Morgan fingerprint density at radius 1 is 1.07 bits per heavy atom. The molecule has 2 amide bonds. The van der Waals surface area contributed by atoms with Crippen LogP contribution in [0.1, 0.15) is 28.4 Å². The van der Waals surface area contributed by atoms with Gasteiger partial charge in [-0.15, -0.1) is 0 Å². The largest absolute Gasteiger partial charge is 0.465 e. The number of halogens is 1. The van der Waals surface area contributed by atoms with Gasteiger partial charge < -0.3 is 15.0 Å². The molecule has 0 spiro atoms. The normalized spacial score (nSPS) is 10.3. The molecule has 0 aliphatic rings. The molecule has 7 heteroatoms. The SMILES string of the molecule is COC(=O)c1ccc(Cl)c(NC(=O)CN(C(C)=O)c2ccc(C)c(C)c2)c1. The number of ether oxygens (including phenoxy) is 1. The van der Waals surface area contributed by atoms with E-state index >= 15 is 0 Å². The molecule has 0 bridgehead atoms. The standard InChI is InChI=1S/C20H21ClN2O4/c1-12-5-7-16(9-13(12)2)23(14(3)24)11-19(25)22-18-10-15(20(26)27-4)6-8-17(18)21/h5-10H,11H2,1-4H3,(H,22,25). The van der Waals surface area contributed by atoms with Crippen molar-refractivity contribution in [3.8, 4) is 0 Å². The molecule has 0 radical (unpaired) electrons. The molecule has 0 heterocycles. The minimum absolute atomic E-state index is 0.184. The van der Waals surface area contributed by atoms with E-state index in [1.807, 2.05) is 26.0 Å². The van der Waals surface area contributed by atoms with Crippen LogP contribution in [0, 0.1) is 13.8 Å². The van der Waals surface area contributed by atoms with Gasteiger partial charge in [0.25, 0.3) is 0 Å². The maximum absolute atomic E-state index is 12.5. The maximum Gasteiger partial charge on any atom is 0.337 e. The van der Waals surface area contributed by atoms with Gasteiger partial charge in [0.2, 0.25) is 11.8 Å². The Morgan fingerprint density at radius 2 is 1.78 bits per heavy atom. The molecule has 2 aromatic rings. The molecular weight excluding hydrogens is 368 g/mol. The van der Waals surface area contributed by atoms with Crippen LogP contribution in [-0.4, -0.2) is 31.4 Å². The van der Waals surface area contributed by atoms with Gasteiger partial charge in [-0.1, -0.05) is 17.7 Å². The number of nitrogens with zero attached hydrogens (tertiary/aromatic N) is 1. The number of methoxy groups -OCH3 is 1. The van der Waals surface area contributed by atoms with E-state index in [1.54, 1.807) is 6.07 Å². The van der Waals surface area contributed by atoms with E-state index in [0.29, 0.717) is 5.69 Å². The van der Waals surface area contributed by atoms with Crippen LogP contribution >= 0.6 is 11.6 Å². The quantitative estimate of drug-likeness (QED) is 0.792. The summed E-state index contributed by atoms with van der Waals surface area (Å²) in [5.74, 6) is -1.24. The van der Waals surface area contributed by atoms with Gasteiger partial charge in [0, 0.05) is 12.6 Å². The lowest BCUT2D eigenvalue weighted by molar-refractivity contribution is -0.120. The number of esters is 1. The highest BCUT2D eigenvalue weighted by molar-refractivity contribution is 6.34. The Morgan fingerprint density at radius 3 is 2.37 bits per heavy atom. The monoisotopic (exact) mass is 388 g/mol. The first-order chi connectivity index (χ1) is 12.7. The van der Waals surface area contributed by atoms with Crippen molar-refractivity contribution >= 4 is 40.8 Å². The number of rotatable bonds is 5. The molecule has 0 saturated carbocycles. The van der Waals surface area contributed by atoms with Crippen LogP contribution in [0.25, 0.3) is 0 Å². The van der Waals surface area contributed by atoms with Gasteiger partial charge in [-0.05, 0) is 55.3 Å². The predicted molar refractivity (Wildman–Crippen MR) is 105 cm³/mol. The molecular formula is C20H21ClN2O4. The number of carbonyl (C=O) groups excluding carboxylic acids is 3. The third-order valence-electron chi connectivity index (χ3n) is 4.15. The van der Waals surface area contributed by atoms with Crippen molar-refractivity contribution in [2.45, 2.75) is 20.8 Å². The summed E-state index contributed by atoms with van der Waals surface area (Å²) in [5, 5.41) is 2.91. The Kier molecular flexibility index (Phi) is 6.58. The highest BCUT2D eigenvalue weighted by Gasteiger charge is 2.18. The van der Waals surface area contributed by atoms with E-state index in [1.165, 1.54) is 37.1 Å². The molecule has 0 atom stereocenters. The Balaban J connectivity index is 2.20. The van der Waals surface area contributed by atoms with E-state index in [9.17, 15) is 14.4 Å². The molecule has 27 heavy (non-hydrogen) atoms. The van der Waals surface area contributed by atoms with Crippen molar-refractivity contribution in [3.63, 3.8) is 0 Å². The van der Waals surface area contributed by atoms with E-state index in [0.717, 1.165) is 11.1 Å². The summed E-state index contributed by atoms with van der Waals surface area (Å²) < 4.78 is 4.66. The van der Waals surface area contributed by atoms with Crippen molar-refractivity contribution in [3.05, 3.63) is 58.1 Å². The molecule has 2 rings (SSSR count). The minimum Gasteiger partial charge on any atom is -0.465 e. The number of anilines is 2. The van der Waals surface area contributed by atoms with Crippen LogP contribution in [0.4, 0.5) is 11.4 Å². The second-order valence-corrected chi connectivity index (χ2v) is 6.52. The van der Waals surface area contributed by atoms with E-state index in [4.69, 9.17) is 11.6 Å². The first-order valence-corrected chi connectivity index (χ1v) is 8.63. The van der Waals surface area contributed by atoms with Crippen LogP contribution in [0.15, 0.2) is 36.4 Å². The molecule has 0 aliphatic heterocycles. The lowest BCUT2D eigenvalue weighted by Crippen LogP contribution is -2.36. The zero-order valence-electron chi connectivity index (χ0n) is 15.6. The third kappa shape index (κ3) is 5.08. The number of nitrogens with one attached hydrogen (secondary N) is 1. The molecule has 0 saturated heterocycles. The second kappa shape index (κ2) is 8.68. The van der Waals surface area contributed by atoms with Crippen LogP contribution < -0.4 is 10.2 Å². The third-order valence-corrected chi connectivity index (χ3v) is 4.48. The molecule has 0 fully saturated rings. The lowest BCUT2D eigenvalue weighted by Gasteiger charge is -2.22. The first-order valence-electron chi connectivity index (χ1n) is 8.26. The van der Waals surface area contributed by atoms with Crippen LogP contribution in [0.2, 0.25) is 5.02 Å². The average Bonchev–Trinajstić information content (AvgIpc) is 2.63. The Hall–Kier alpha value is -2.86. The maximum atomic E-state index is 12.5. The van der Waals surface area contributed by atoms with Gasteiger partial charge in [-0.25, -0.2) is 4.79 Å². The van der Waals surface area contributed by atoms with Gasteiger partial charge in [0.1, 0.15) is 6.54 Å². The zero-order chi connectivity index (χ0) is 20.1. The lowest BCUT2D eigenvalue weighted by atomic mass is 10.1. The molecule has 2 aromatic carbocycles. The highest BCUT2D eigenvalue weighted by atomic mass is 35.5. The number of carbonyl (C=O) groups is 3. The number of aryl methyl sites for hydroxylation is 2. The smallest absolute Gasteiger partial charge is 0.337 e. The zero-order valence-corrected chi connectivity index (χ0v) is 16.4. The summed E-state index contributed by atoms with van der Waals surface area (Å²) in [7, 11) is 1.27. The number of hydrogen-bond donors (Lipinski definition) is 1. The summed E-state index contributed by atoms with van der Waals surface area (Å²) in [6.07, 6.45) is 0. The van der Waals surface area contributed by atoms with Crippen molar-refractivity contribution < 1.29 is 19.1 Å². The fourth-order valence-electron chi connectivity index (χ4n) is 2.48. The molecule has 142 valence electrons. The minimum atomic E-state index is -0.539. The number of amides is 2. The summed E-state index contributed by atoms with van der Waals surface area (Å²) >= 11 is 6.10. The van der Waals surface area contributed by atoms with Crippen LogP contribution in [0.3, 0.4) is 0 Å². The van der Waals surface area contributed by atoms with Crippen molar-refractivity contribution in [2.24, 2.45) is 0 Å². The molecule has 0 aromatic heterocycles. The average molecular weight is 389 g/mol. The summed E-state index contributed by atoms with van der Waals surface area (Å²) in [6, 6.07) is 9.97. The summed E-state index contributed by atoms with van der Waals surface area (Å²) in [4.78, 5) is 37.5. The van der Waals surface area contributed by atoms with Crippen molar-refractivity contribution in [1.29, 1.82) is 0 Å². The van der Waals surface area contributed by atoms with Crippen molar-refractivity contribution in [2.75, 3.05) is 23.9 Å². The fourth-order valence-corrected chi connectivity index (χ4v) is 2.64. The van der Waals surface area contributed by atoms with Gasteiger partial charge in [-0.2, -0.15) is 0 Å². The van der Waals surface area contributed by atoms with Gasteiger partial charge >= 0.3 is 5.97 Å². The highest BCUT2D eigenvalue weighted by Crippen LogP contribution is 2.24. The first kappa shape index (κ1) is 20.5. The molecule has 6 nitrogen and oxygen atoms in total. The van der Waals surface area contributed by atoms with E-state index < -0.39 is 11.9 Å². The molecule has 0 unspecified atom stereocenters. The topological polar surface area (TPSA) is 75.7 Å². The molecule has 0 aliphatic carbocycles. The summed E-state index contributed by atoms with van der Waals surface area (Å²) in [6.45, 7) is 5.12. The Bertz CT molecular complexity index is 896. The predicted octanol–water partition coefficient (Wildman–Crippen LogP) is 3.74. The van der Waals surface area contributed by atoms with Crippen molar-refractivity contribution in [1.82, 2.24) is 0 Å². The van der Waals surface area contributed by atoms with Crippen LogP contribution in [-0.2, 0) is 14.3 Å². The van der Waals surface area contributed by atoms with E-state index in [-0.39, 0.29) is 28.7 Å². The fraction of sp³-hybridized carbons (Fsp3) is 0.250. The molecule has 1 N–H and O–H groups in total. The van der Waals surface area contributed by atoms with Gasteiger partial charge in [-0.3, -0.25) is 9.59 Å². The second-order valence-electron chi connectivity index (χ2n) is 6.11. The number of hydrogen-bond acceptors (Lipinski definition) is 4.